The van der Waals surface area contributed by atoms with Crippen LogP contribution in [-0.4, -0.2) is 38.5 Å². The van der Waals surface area contributed by atoms with E-state index < -0.39 is 15.4 Å². The van der Waals surface area contributed by atoms with Gasteiger partial charge in [0.05, 0.1) is 25.0 Å². The van der Waals surface area contributed by atoms with E-state index >= 15 is 0 Å². The van der Waals surface area contributed by atoms with Crippen molar-refractivity contribution in [2.24, 2.45) is 5.73 Å². The molecule has 1 rings (SSSR count). The van der Waals surface area contributed by atoms with Gasteiger partial charge in [0.15, 0.2) is 0 Å². The molecule has 0 saturated carbocycles. The van der Waals surface area contributed by atoms with Gasteiger partial charge in [-0.2, -0.15) is 0 Å². The Hall–Kier alpha value is -0.620. The molecule has 0 aromatic heterocycles. The Morgan fingerprint density at radius 1 is 1.40 bits per heavy atom. The highest BCUT2D eigenvalue weighted by atomic mass is 32.2. The minimum Gasteiger partial charge on any atom is -0.469 e. The molecule has 0 aromatic rings. The molecule has 0 aliphatic carbocycles. The zero-order valence-corrected chi connectivity index (χ0v) is 9.68. The number of esters is 1. The summed E-state index contributed by atoms with van der Waals surface area (Å²) in [5.41, 5.74) is 5.28. The molecular formula is C9H17NO4S. The molecule has 1 heterocycles. The average molecular weight is 235 g/mol. The van der Waals surface area contributed by atoms with Crippen LogP contribution in [0.3, 0.4) is 0 Å². The van der Waals surface area contributed by atoms with Crippen LogP contribution in [-0.2, 0) is 19.4 Å². The molecule has 0 bridgehead atoms. The summed E-state index contributed by atoms with van der Waals surface area (Å²) in [7, 11) is -1.66. The standard InChI is InChI=1S/C9H17NO4S/c1-14-8(11)7-9(10)3-2-5-15(12,13)6-4-9/h2-7,10H2,1H3. The molecule has 0 aromatic carbocycles. The van der Waals surface area contributed by atoms with Crippen molar-refractivity contribution in [3.05, 3.63) is 0 Å². The number of carbonyl (C=O) groups is 1. The molecule has 0 spiro atoms. The Kier molecular flexibility index (Phi) is 3.72. The van der Waals surface area contributed by atoms with E-state index in [1.807, 2.05) is 0 Å². The highest BCUT2D eigenvalue weighted by molar-refractivity contribution is 7.91. The Labute approximate surface area is 89.9 Å². The summed E-state index contributed by atoms with van der Waals surface area (Å²) >= 11 is 0. The molecule has 1 aliphatic heterocycles. The second-order valence-electron chi connectivity index (χ2n) is 4.12. The Morgan fingerprint density at radius 2 is 2.07 bits per heavy atom. The Balaban J connectivity index is 2.66. The van der Waals surface area contributed by atoms with Crippen LogP contribution in [0.2, 0.25) is 0 Å². The molecule has 6 heteroatoms. The van der Waals surface area contributed by atoms with Gasteiger partial charge in [0.2, 0.25) is 0 Å². The maximum Gasteiger partial charge on any atom is 0.307 e. The molecule has 0 amide bonds. The second-order valence-corrected chi connectivity index (χ2v) is 6.42. The topological polar surface area (TPSA) is 86.5 Å². The fourth-order valence-electron chi connectivity index (χ4n) is 1.77. The third-order valence-corrected chi connectivity index (χ3v) is 4.50. The van der Waals surface area contributed by atoms with Crippen molar-refractivity contribution in [3.63, 3.8) is 0 Å². The second kappa shape index (κ2) is 4.49. The van der Waals surface area contributed by atoms with Crippen LogP contribution in [0.1, 0.15) is 25.7 Å². The summed E-state index contributed by atoms with van der Waals surface area (Å²) in [5.74, 6) is -0.134. The van der Waals surface area contributed by atoms with Crippen molar-refractivity contribution in [1.29, 1.82) is 0 Å². The predicted molar refractivity (Wildman–Crippen MR) is 56.1 cm³/mol. The van der Waals surface area contributed by atoms with Crippen LogP contribution in [0.5, 0.6) is 0 Å². The summed E-state index contributed by atoms with van der Waals surface area (Å²) in [4.78, 5) is 11.1. The lowest BCUT2D eigenvalue weighted by atomic mass is 9.88. The predicted octanol–water partition coefficient (Wildman–Crippen LogP) is -0.154. The number of sulfone groups is 1. The SMILES string of the molecule is COC(=O)CC1(N)CCCS(=O)(=O)CC1. The minimum atomic E-state index is -2.96. The number of methoxy groups -OCH3 is 1. The lowest BCUT2D eigenvalue weighted by Crippen LogP contribution is -2.42. The molecule has 1 atom stereocenters. The van der Waals surface area contributed by atoms with Crippen molar-refractivity contribution in [3.8, 4) is 0 Å². The van der Waals surface area contributed by atoms with Crippen LogP contribution in [0, 0.1) is 0 Å². The van der Waals surface area contributed by atoms with Gasteiger partial charge in [-0.05, 0) is 19.3 Å². The normalized spacial score (nSPS) is 30.5. The monoisotopic (exact) mass is 235 g/mol. The van der Waals surface area contributed by atoms with Crippen molar-refractivity contribution < 1.29 is 17.9 Å². The quantitative estimate of drug-likeness (QED) is 0.672. The summed E-state index contributed by atoms with van der Waals surface area (Å²) < 4.78 is 27.2. The highest BCUT2D eigenvalue weighted by Crippen LogP contribution is 2.24. The molecule has 1 saturated heterocycles. The van der Waals surface area contributed by atoms with E-state index in [4.69, 9.17) is 5.73 Å². The van der Waals surface area contributed by atoms with Gasteiger partial charge < -0.3 is 10.5 Å². The molecule has 1 fully saturated rings. The highest BCUT2D eigenvalue weighted by Gasteiger charge is 2.33. The van der Waals surface area contributed by atoms with Crippen LogP contribution in [0.4, 0.5) is 0 Å². The van der Waals surface area contributed by atoms with Crippen LogP contribution < -0.4 is 5.73 Å². The number of ether oxygens (including phenoxy) is 1. The lowest BCUT2D eigenvalue weighted by molar-refractivity contribution is -0.142. The third-order valence-electron chi connectivity index (χ3n) is 2.77. The molecule has 15 heavy (non-hydrogen) atoms. The summed E-state index contributed by atoms with van der Waals surface area (Å²) in [6, 6.07) is 0. The first kappa shape index (κ1) is 12.4. The number of hydrogen-bond donors (Lipinski definition) is 1. The summed E-state index contributed by atoms with van der Waals surface area (Å²) in [6.07, 6.45) is 1.51. The van der Waals surface area contributed by atoms with Crippen molar-refractivity contribution in [2.45, 2.75) is 31.2 Å². The van der Waals surface area contributed by atoms with Gasteiger partial charge >= 0.3 is 5.97 Å². The zero-order chi connectivity index (χ0) is 11.5. The molecular weight excluding hydrogens is 218 g/mol. The number of hydrogen-bond acceptors (Lipinski definition) is 5. The fraction of sp³-hybridized carbons (Fsp3) is 0.889. The molecule has 1 aliphatic rings. The van der Waals surface area contributed by atoms with Gasteiger partial charge in [0.25, 0.3) is 0 Å². The summed E-state index contributed by atoms with van der Waals surface area (Å²) in [6.45, 7) is 0. The smallest absolute Gasteiger partial charge is 0.307 e. The maximum absolute atomic E-state index is 11.3. The first-order chi connectivity index (χ1) is 6.87. The molecule has 88 valence electrons. The molecule has 1 unspecified atom stereocenters. The van der Waals surface area contributed by atoms with E-state index in [0.29, 0.717) is 19.3 Å². The first-order valence-corrected chi connectivity index (χ1v) is 6.75. The van der Waals surface area contributed by atoms with E-state index in [9.17, 15) is 13.2 Å². The Bertz CT molecular complexity index is 338. The van der Waals surface area contributed by atoms with Crippen molar-refractivity contribution >= 4 is 15.8 Å². The van der Waals surface area contributed by atoms with Gasteiger partial charge in [-0.3, -0.25) is 4.79 Å². The van der Waals surface area contributed by atoms with E-state index in [-0.39, 0.29) is 23.9 Å². The van der Waals surface area contributed by atoms with Crippen molar-refractivity contribution in [2.75, 3.05) is 18.6 Å². The van der Waals surface area contributed by atoms with Crippen LogP contribution in [0.15, 0.2) is 0 Å². The van der Waals surface area contributed by atoms with E-state index in [0.717, 1.165) is 0 Å². The molecule has 0 radical (unpaired) electrons. The van der Waals surface area contributed by atoms with Gasteiger partial charge in [0.1, 0.15) is 9.84 Å². The van der Waals surface area contributed by atoms with Gasteiger partial charge in [-0.15, -0.1) is 0 Å². The van der Waals surface area contributed by atoms with E-state index in [2.05, 4.69) is 4.74 Å². The zero-order valence-electron chi connectivity index (χ0n) is 8.86. The minimum absolute atomic E-state index is 0.0699. The van der Waals surface area contributed by atoms with E-state index in [1.165, 1.54) is 7.11 Å². The van der Waals surface area contributed by atoms with Gasteiger partial charge in [0, 0.05) is 5.54 Å². The first-order valence-electron chi connectivity index (χ1n) is 4.93. The summed E-state index contributed by atoms with van der Waals surface area (Å²) in [5, 5.41) is 0. The number of nitrogens with two attached hydrogens (primary N) is 1. The number of rotatable bonds is 2. The van der Waals surface area contributed by atoms with Crippen LogP contribution >= 0.6 is 0 Å². The Morgan fingerprint density at radius 3 is 2.67 bits per heavy atom. The average Bonchev–Trinajstić information content (AvgIpc) is 2.26. The maximum atomic E-state index is 11.3. The van der Waals surface area contributed by atoms with Crippen molar-refractivity contribution in [1.82, 2.24) is 0 Å². The fourth-order valence-corrected chi connectivity index (χ4v) is 3.27. The van der Waals surface area contributed by atoms with Crippen LogP contribution in [0.25, 0.3) is 0 Å². The molecule has 5 nitrogen and oxygen atoms in total. The van der Waals surface area contributed by atoms with Gasteiger partial charge in [-0.25, -0.2) is 8.42 Å². The molecule has 2 N–H and O–H groups in total. The third kappa shape index (κ3) is 3.79. The van der Waals surface area contributed by atoms with E-state index in [1.54, 1.807) is 0 Å². The number of carbonyl (C=O) groups excluding carboxylic acids is 1. The lowest BCUT2D eigenvalue weighted by Gasteiger charge is -2.25. The van der Waals surface area contributed by atoms with Gasteiger partial charge in [-0.1, -0.05) is 0 Å². The largest absolute Gasteiger partial charge is 0.469 e.